The highest BCUT2D eigenvalue weighted by Crippen LogP contribution is 2.20. The van der Waals surface area contributed by atoms with Crippen LogP contribution in [0, 0.1) is 0 Å². The molecule has 2 aliphatic rings. The highest BCUT2D eigenvalue weighted by atomic mass is 32.1. The average molecular weight is 252 g/mol. The van der Waals surface area contributed by atoms with Gasteiger partial charge in [0.1, 0.15) is 0 Å². The molecule has 94 valence electrons. The first kappa shape index (κ1) is 11.7. The van der Waals surface area contributed by atoms with Gasteiger partial charge in [-0.05, 0) is 17.9 Å². The highest BCUT2D eigenvalue weighted by molar-refractivity contribution is 7.09. The van der Waals surface area contributed by atoms with E-state index in [4.69, 9.17) is 4.74 Å². The van der Waals surface area contributed by atoms with E-state index in [1.54, 1.807) is 0 Å². The molecule has 2 fully saturated rings. The van der Waals surface area contributed by atoms with Crippen LogP contribution < -0.4 is 0 Å². The third-order valence-corrected chi connectivity index (χ3v) is 4.63. The molecule has 0 radical (unpaired) electrons. The van der Waals surface area contributed by atoms with E-state index in [0.29, 0.717) is 0 Å². The zero-order chi connectivity index (χ0) is 11.5. The predicted octanol–water partition coefficient (Wildman–Crippen LogP) is 1.65. The van der Waals surface area contributed by atoms with Gasteiger partial charge >= 0.3 is 0 Å². The van der Waals surface area contributed by atoms with Crippen LogP contribution in [0.4, 0.5) is 0 Å². The van der Waals surface area contributed by atoms with Gasteiger partial charge in [-0.25, -0.2) is 0 Å². The van der Waals surface area contributed by atoms with E-state index in [1.165, 1.54) is 24.4 Å². The van der Waals surface area contributed by atoms with E-state index in [2.05, 4.69) is 27.3 Å². The molecule has 0 saturated carbocycles. The van der Waals surface area contributed by atoms with Crippen molar-refractivity contribution < 1.29 is 4.74 Å². The summed E-state index contributed by atoms with van der Waals surface area (Å²) in [6, 6.07) is 5.15. The third-order valence-electron chi connectivity index (χ3n) is 3.77. The maximum absolute atomic E-state index is 5.42. The molecule has 0 amide bonds. The molecule has 17 heavy (non-hydrogen) atoms. The fraction of sp³-hybridized carbons (Fsp3) is 0.692. The van der Waals surface area contributed by atoms with E-state index in [-0.39, 0.29) is 0 Å². The lowest BCUT2D eigenvalue weighted by molar-refractivity contribution is 0.0184. The maximum Gasteiger partial charge on any atom is 0.0594 e. The van der Waals surface area contributed by atoms with Gasteiger partial charge in [0.2, 0.25) is 0 Å². The van der Waals surface area contributed by atoms with E-state index in [1.807, 2.05) is 11.3 Å². The summed E-state index contributed by atoms with van der Waals surface area (Å²) in [6.45, 7) is 7.70. The first-order valence-electron chi connectivity index (χ1n) is 6.48. The Balaban J connectivity index is 1.51. The Kier molecular flexibility index (Phi) is 3.76. The van der Waals surface area contributed by atoms with Crippen LogP contribution in [0.3, 0.4) is 0 Å². The van der Waals surface area contributed by atoms with Crippen LogP contribution in [0.15, 0.2) is 17.5 Å². The molecular weight excluding hydrogens is 232 g/mol. The molecule has 0 bridgehead atoms. The fourth-order valence-corrected chi connectivity index (χ4v) is 3.57. The van der Waals surface area contributed by atoms with Crippen LogP contribution in [-0.4, -0.2) is 55.2 Å². The van der Waals surface area contributed by atoms with Crippen molar-refractivity contribution >= 4 is 11.3 Å². The second-order valence-electron chi connectivity index (χ2n) is 4.91. The summed E-state index contributed by atoms with van der Waals surface area (Å²) in [6.07, 6.45) is 1.32. The van der Waals surface area contributed by atoms with E-state index < -0.39 is 0 Å². The number of hydrogen-bond donors (Lipinski definition) is 0. The molecule has 0 spiro atoms. The van der Waals surface area contributed by atoms with Gasteiger partial charge < -0.3 is 4.74 Å². The lowest BCUT2D eigenvalue weighted by Crippen LogP contribution is -2.44. The Labute approximate surface area is 107 Å². The van der Waals surface area contributed by atoms with Crippen LogP contribution >= 0.6 is 11.3 Å². The zero-order valence-electron chi connectivity index (χ0n) is 10.2. The fourth-order valence-electron chi connectivity index (χ4n) is 2.82. The second-order valence-corrected chi connectivity index (χ2v) is 5.94. The van der Waals surface area contributed by atoms with Gasteiger partial charge in [-0.1, -0.05) is 6.07 Å². The number of likely N-dealkylation sites (tertiary alicyclic amines) is 1. The van der Waals surface area contributed by atoms with Crippen LogP contribution in [0.5, 0.6) is 0 Å². The van der Waals surface area contributed by atoms with Crippen molar-refractivity contribution in [3.05, 3.63) is 22.4 Å². The van der Waals surface area contributed by atoms with Gasteiger partial charge in [0.15, 0.2) is 0 Å². The second kappa shape index (κ2) is 5.48. The molecule has 1 aromatic heterocycles. The van der Waals surface area contributed by atoms with Crippen LogP contribution in [0.2, 0.25) is 0 Å². The maximum atomic E-state index is 5.42. The Morgan fingerprint density at radius 2 is 2.18 bits per heavy atom. The summed E-state index contributed by atoms with van der Waals surface area (Å²) in [5.41, 5.74) is 0. The molecule has 4 heteroatoms. The largest absolute Gasteiger partial charge is 0.379 e. The quantitative estimate of drug-likeness (QED) is 0.813. The monoisotopic (exact) mass is 252 g/mol. The van der Waals surface area contributed by atoms with E-state index in [9.17, 15) is 0 Å². The van der Waals surface area contributed by atoms with Crippen molar-refractivity contribution in [1.82, 2.24) is 9.80 Å². The summed E-state index contributed by atoms with van der Waals surface area (Å²) < 4.78 is 5.42. The predicted molar refractivity (Wildman–Crippen MR) is 70.4 cm³/mol. The molecule has 3 nitrogen and oxygen atoms in total. The first-order valence-corrected chi connectivity index (χ1v) is 7.36. The minimum atomic E-state index is 0.763. The summed E-state index contributed by atoms with van der Waals surface area (Å²) in [4.78, 5) is 6.69. The SMILES string of the molecule is c1csc(CN2CC[C@H](N3CCOCC3)C2)c1. The molecule has 2 aliphatic heterocycles. The molecule has 0 aromatic carbocycles. The van der Waals surface area contributed by atoms with Gasteiger partial charge in [-0.2, -0.15) is 0 Å². The minimum absolute atomic E-state index is 0.763. The van der Waals surface area contributed by atoms with Crippen LogP contribution in [0.1, 0.15) is 11.3 Å². The van der Waals surface area contributed by atoms with E-state index in [0.717, 1.165) is 38.9 Å². The number of morpholine rings is 1. The molecular formula is C13H20N2OS. The molecule has 2 saturated heterocycles. The van der Waals surface area contributed by atoms with Gasteiger partial charge in [-0.3, -0.25) is 9.80 Å². The van der Waals surface area contributed by atoms with Crippen molar-refractivity contribution in [2.45, 2.75) is 19.0 Å². The van der Waals surface area contributed by atoms with Crippen LogP contribution in [0.25, 0.3) is 0 Å². The Hall–Kier alpha value is -0.420. The molecule has 0 unspecified atom stereocenters. The molecule has 1 aromatic rings. The zero-order valence-corrected chi connectivity index (χ0v) is 11.0. The van der Waals surface area contributed by atoms with Gasteiger partial charge in [0.05, 0.1) is 13.2 Å². The summed E-state index contributed by atoms with van der Waals surface area (Å²) in [7, 11) is 0. The average Bonchev–Trinajstić information content (AvgIpc) is 3.02. The minimum Gasteiger partial charge on any atom is -0.379 e. The summed E-state index contributed by atoms with van der Waals surface area (Å²) in [5.74, 6) is 0. The Morgan fingerprint density at radius 1 is 1.29 bits per heavy atom. The lowest BCUT2D eigenvalue weighted by atomic mass is 10.2. The van der Waals surface area contributed by atoms with Crippen molar-refractivity contribution in [3.8, 4) is 0 Å². The number of nitrogens with zero attached hydrogens (tertiary/aromatic N) is 2. The van der Waals surface area contributed by atoms with Gasteiger partial charge in [0.25, 0.3) is 0 Å². The number of thiophene rings is 1. The van der Waals surface area contributed by atoms with Crippen LogP contribution in [-0.2, 0) is 11.3 Å². The van der Waals surface area contributed by atoms with Gasteiger partial charge in [-0.15, -0.1) is 11.3 Å². The Morgan fingerprint density at radius 3 is 2.94 bits per heavy atom. The Bertz CT molecular complexity index is 335. The molecule has 3 rings (SSSR count). The lowest BCUT2D eigenvalue weighted by Gasteiger charge is -2.32. The highest BCUT2D eigenvalue weighted by Gasteiger charge is 2.28. The topological polar surface area (TPSA) is 15.7 Å². The van der Waals surface area contributed by atoms with Crippen molar-refractivity contribution in [2.24, 2.45) is 0 Å². The smallest absolute Gasteiger partial charge is 0.0594 e. The van der Waals surface area contributed by atoms with E-state index >= 15 is 0 Å². The number of hydrogen-bond acceptors (Lipinski definition) is 4. The van der Waals surface area contributed by atoms with Crippen molar-refractivity contribution in [2.75, 3.05) is 39.4 Å². The molecule has 0 aliphatic carbocycles. The first-order chi connectivity index (χ1) is 8.42. The van der Waals surface area contributed by atoms with Gasteiger partial charge in [0, 0.05) is 43.6 Å². The number of rotatable bonds is 3. The standard InChI is InChI=1S/C13H20N2OS/c1-2-13(17-9-1)11-14-4-3-12(10-14)15-5-7-16-8-6-15/h1-2,9,12H,3-8,10-11H2/t12-/m0/s1. The molecule has 1 atom stereocenters. The summed E-state index contributed by atoms with van der Waals surface area (Å²) in [5, 5.41) is 2.17. The normalized spacial score (nSPS) is 27.6. The summed E-state index contributed by atoms with van der Waals surface area (Å²) >= 11 is 1.87. The third kappa shape index (κ3) is 2.88. The number of ether oxygens (including phenoxy) is 1. The van der Waals surface area contributed by atoms with Crippen molar-refractivity contribution in [1.29, 1.82) is 0 Å². The molecule has 3 heterocycles. The molecule has 0 N–H and O–H groups in total. The van der Waals surface area contributed by atoms with Crippen molar-refractivity contribution in [3.63, 3.8) is 0 Å².